The van der Waals surface area contributed by atoms with E-state index in [1.165, 1.54) is 0 Å². The van der Waals surface area contributed by atoms with E-state index in [9.17, 15) is 0 Å². The van der Waals surface area contributed by atoms with Crippen LogP contribution in [0.1, 0.15) is 11.6 Å². The highest BCUT2D eigenvalue weighted by Gasteiger charge is 2.07. The van der Waals surface area contributed by atoms with Gasteiger partial charge in [-0.25, -0.2) is 9.97 Å². The lowest BCUT2D eigenvalue weighted by Crippen LogP contribution is -2.00. The van der Waals surface area contributed by atoms with Gasteiger partial charge in [-0.3, -0.25) is 0 Å². The van der Waals surface area contributed by atoms with Gasteiger partial charge in [0.05, 0.1) is 18.1 Å². The van der Waals surface area contributed by atoms with Gasteiger partial charge < -0.3 is 15.1 Å². The molecule has 0 saturated carbocycles. The van der Waals surface area contributed by atoms with Gasteiger partial charge in [0.2, 0.25) is 0 Å². The molecule has 0 radical (unpaired) electrons. The summed E-state index contributed by atoms with van der Waals surface area (Å²) < 4.78 is 5.24. The van der Waals surface area contributed by atoms with E-state index in [1.807, 2.05) is 18.2 Å². The van der Waals surface area contributed by atoms with E-state index in [0.717, 1.165) is 16.8 Å². The van der Waals surface area contributed by atoms with Gasteiger partial charge in [0.15, 0.2) is 0 Å². The molecule has 17 heavy (non-hydrogen) atoms. The molecule has 0 aromatic carbocycles. The van der Waals surface area contributed by atoms with Crippen LogP contribution in [0.4, 0.5) is 5.82 Å². The molecule has 0 amide bonds. The predicted octanol–water partition coefficient (Wildman–Crippen LogP) is 2.15. The van der Waals surface area contributed by atoms with Crippen LogP contribution in [-0.4, -0.2) is 15.0 Å². The van der Waals surface area contributed by atoms with Crippen molar-refractivity contribution in [2.75, 3.05) is 5.73 Å². The van der Waals surface area contributed by atoms with Crippen molar-refractivity contribution in [2.24, 2.45) is 0 Å². The summed E-state index contributed by atoms with van der Waals surface area (Å²) in [5.74, 6) is 1.97. The Bertz CT molecular complexity index is 617. The van der Waals surface area contributed by atoms with E-state index in [2.05, 4.69) is 15.0 Å². The molecule has 3 aromatic heterocycles. The third-order valence-electron chi connectivity index (χ3n) is 2.40. The number of nitrogens with two attached hydrogens (primary N) is 1. The van der Waals surface area contributed by atoms with Crippen molar-refractivity contribution in [3.05, 3.63) is 42.2 Å². The van der Waals surface area contributed by atoms with Gasteiger partial charge in [-0.15, -0.1) is 12.4 Å². The molecule has 88 valence electrons. The zero-order valence-corrected chi connectivity index (χ0v) is 9.70. The normalized spacial score (nSPS) is 10.4. The Morgan fingerprint density at radius 1 is 1.29 bits per heavy atom. The predicted molar refractivity (Wildman–Crippen MR) is 67.1 cm³/mol. The highest BCUT2D eigenvalue weighted by atomic mass is 35.5. The van der Waals surface area contributed by atoms with Crippen molar-refractivity contribution in [3.8, 4) is 0 Å². The molecule has 3 aromatic rings. The Kier molecular flexibility index (Phi) is 3.01. The Morgan fingerprint density at radius 2 is 2.18 bits per heavy atom. The van der Waals surface area contributed by atoms with Gasteiger partial charge in [0.25, 0.3) is 0 Å². The van der Waals surface area contributed by atoms with Gasteiger partial charge in [0, 0.05) is 6.20 Å². The highest BCUT2D eigenvalue weighted by molar-refractivity contribution is 5.85. The average Bonchev–Trinajstić information content (AvgIpc) is 2.87. The van der Waals surface area contributed by atoms with E-state index in [1.54, 1.807) is 12.5 Å². The molecule has 0 fully saturated rings. The number of fused-ring (bicyclic) bond motifs is 1. The van der Waals surface area contributed by atoms with Gasteiger partial charge in [0.1, 0.15) is 23.0 Å². The standard InChI is InChI=1S/C11H10N4O.ClH/c12-10-8-3-4-13-11(8)15-9(14-10)6-7-2-1-5-16-7;/h1-5H,6H2,(H3,12,13,14,15);1H. The van der Waals surface area contributed by atoms with Crippen LogP contribution < -0.4 is 5.73 Å². The molecule has 0 unspecified atom stereocenters. The first-order chi connectivity index (χ1) is 7.83. The van der Waals surface area contributed by atoms with E-state index >= 15 is 0 Å². The maximum Gasteiger partial charge on any atom is 0.143 e. The van der Waals surface area contributed by atoms with E-state index < -0.39 is 0 Å². The van der Waals surface area contributed by atoms with Crippen LogP contribution in [0.5, 0.6) is 0 Å². The fourth-order valence-electron chi connectivity index (χ4n) is 1.66. The van der Waals surface area contributed by atoms with Crippen LogP contribution in [0.25, 0.3) is 11.0 Å². The summed E-state index contributed by atoms with van der Waals surface area (Å²) in [6, 6.07) is 5.59. The van der Waals surface area contributed by atoms with Crippen molar-refractivity contribution in [1.82, 2.24) is 15.0 Å². The smallest absolute Gasteiger partial charge is 0.143 e. The number of nitrogens with one attached hydrogen (secondary N) is 1. The summed E-state index contributed by atoms with van der Waals surface area (Å²) in [6.07, 6.45) is 3.98. The lowest BCUT2D eigenvalue weighted by molar-refractivity contribution is 0.517. The number of hydrogen-bond donors (Lipinski definition) is 2. The van der Waals surface area contributed by atoms with E-state index in [-0.39, 0.29) is 12.4 Å². The Morgan fingerprint density at radius 3 is 2.94 bits per heavy atom. The number of H-pyrrole nitrogens is 1. The molecule has 0 atom stereocenters. The molecule has 0 spiro atoms. The number of furan rings is 1. The summed E-state index contributed by atoms with van der Waals surface area (Å²) >= 11 is 0. The largest absolute Gasteiger partial charge is 0.469 e. The van der Waals surface area contributed by atoms with E-state index in [4.69, 9.17) is 10.2 Å². The number of aromatic nitrogens is 3. The summed E-state index contributed by atoms with van der Waals surface area (Å²) in [6.45, 7) is 0. The third kappa shape index (κ3) is 2.09. The second-order valence-corrected chi connectivity index (χ2v) is 3.52. The number of nitrogen functional groups attached to an aromatic ring is 1. The van der Waals surface area contributed by atoms with Gasteiger partial charge in [-0.05, 0) is 18.2 Å². The second-order valence-electron chi connectivity index (χ2n) is 3.52. The maximum atomic E-state index is 5.83. The molecule has 0 saturated heterocycles. The molecule has 3 heterocycles. The molecule has 6 heteroatoms. The number of nitrogens with zero attached hydrogens (tertiary/aromatic N) is 2. The molecule has 0 aliphatic heterocycles. The van der Waals surface area contributed by atoms with Crippen LogP contribution in [0.3, 0.4) is 0 Å². The topological polar surface area (TPSA) is 80.7 Å². The van der Waals surface area contributed by atoms with Crippen LogP contribution in [0.2, 0.25) is 0 Å². The number of anilines is 1. The zero-order chi connectivity index (χ0) is 11.0. The van der Waals surface area contributed by atoms with Crippen LogP contribution in [0, 0.1) is 0 Å². The number of hydrogen-bond acceptors (Lipinski definition) is 4. The highest BCUT2D eigenvalue weighted by Crippen LogP contribution is 2.17. The zero-order valence-electron chi connectivity index (χ0n) is 8.88. The monoisotopic (exact) mass is 250 g/mol. The number of aromatic amines is 1. The molecule has 5 nitrogen and oxygen atoms in total. The Hall–Kier alpha value is -2.01. The second kappa shape index (κ2) is 4.47. The lowest BCUT2D eigenvalue weighted by Gasteiger charge is -2.00. The van der Waals surface area contributed by atoms with E-state index in [0.29, 0.717) is 18.1 Å². The van der Waals surface area contributed by atoms with Crippen molar-refractivity contribution in [3.63, 3.8) is 0 Å². The molecular formula is C11H11ClN4O. The third-order valence-corrected chi connectivity index (χ3v) is 2.40. The van der Waals surface area contributed by atoms with Crippen LogP contribution >= 0.6 is 12.4 Å². The summed E-state index contributed by atoms with van der Waals surface area (Å²) in [5.41, 5.74) is 6.59. The molecule has 0 aliphatic carbocycles. The van der Waals surface area contributed by atoms with Gasteiger partial charge in [-0.1, -0.05) is 0 Å². The fraction of sp³-hybridized carbons (Fsp3) is 0.0909. The molecule has 0 aliphatic rings. The van der Waals surface area contributed by atoms with Gasteiger partial charge in [-0.2, -0.15) is 0 Å². The minimum absolute atomic E-state index is 0. The first-order valence-electron chi connectivity index (χ1n) is 4.95. The van der Waals surface area contributed by atoms with Crippen molar-refractivity contribution in [2.45, 2.75) is 6.42 Å². The first kappa shape index (κ1) is 11.5. The van der Waals surface area contributed by atoms with Crippen molar-refractivity contribution >= 4 is 29.3 Å². The van der Waals surface area contributed by atoms with Gasteiger partial charge >= 0.3 is 0 Å². The maximum absolute atomic E-state index is 5.83. The fourth-order valence-corrected chi connectivity index (χ4v) is 1.66. The average molecular weight is 251 g/mol. The summed E-state index contributed by atoms with van der Waals surface area (Å²) in [7, 11) is 0. The summed E-state index contributed by atoms with van der Waals surface area (Å²) in [4.78, 5) is 11.6. The molecule has 3 N–H and O–H groups in total. The minimum Gasteiger partial charge on any atom is -0.469 e. The molecule has 3 rings (SSSR count). The lowest BCUT2D eigenvalue weighted by atomic mass is 10.3. The summed E-state index contributed by atoms with van der Waals surface area (Å²) in [5, 5.41) is 0.850. The molecular weight excluding hydrogens is 240 g/mol. The number of halogens is 1. The molecule has 0 bridgehead atoms. The van der Waals surface area contributed by atoms with Crippen LogP contribution in [0.15, 0.2) is 35.1 Å². The van der Waals surface area contributed by atoms with Crippen molar-refractivity contribution in [1.29, 1.82) is 0 Å². The SMILES string of the molecule is Cl.Nc1nc(Cc2ccco2)nc2[nH]ccc12. The Balaban J connectivity index is 0.00000108. The quantitative estimate of drug-likeness (QED) is 0.730. The van der Waals surface area contributed by atoms with Crippen molar-refractivity contribution < 1.29 is 4.42 Å². The number of rotatable bonds is 2. The Labute approximate surface area is 103 Å². The van der Waals surface area contributed by atoms with Crippen LogP contribution in [-0.2, 0) is 6.42 Å². The first-order valence-corrected chi connectivity index (χ1v) is 4.95. The minimum atomic E-state index is 0.